The molecule has 3 aromatic rings. The van der Waals surface area contributed by atoms with Crippen LogP contribution in [-0.2, 0) is 10.0 Å². The summed E-state index contributed by atoms with van der Waals surface area (Å²) in [5.74, 6) is 1.16. The number of para-hydroxylation sites is 1. The van der Waals surface area contributed by atoms with Crippen molar-refractivity contribution in [3.05, 3.63) is 41.7 Å². The Bertz CT molecular complexity index is 1100. The van der Waals surface area contributed by atoms with Crippen molar-refractivity contribution < 1.29 is 13.2 Å². The van der Waals surface area contributed by atoms with Crippen molar-refractivity contribution in [1.29, 1.82) is 0 Å². The summed E-state index contributed by atoms with van der Waals surface area (Å²) in [7, 11) is -3.58. The average molecular weight is 423 g/mol. The van der Waals surface area contributed by atoms with E-state index in [9.17, 15) is 13.2 Å². The molecule has 0 spiro atoms. The SMILES string of the molecule is Cc1cccc2sc(NC(=O)c3cc(S(=O)(=O)N4CCSCC4)c[nH]3)nc12. The predicted octanol–water partition coefficient (Wildman–Crippen LogP) is 2.92. The second-order valence-electron chi connectivity index (χ2n) is 6.16. The van der Waals surface area contributed by atoms with Gasteiger partial charge in [-0.15, -0.1) is 0 Å². The number of aromatic amines is 1. The van der Waals surface area contributed by atoms with Crippen molar-refractivity contribution in [2.24, 2.45) is 0 Å². The molecule has 0 atom stereocenters. The molecular formula is C17H18N4O3S3. The number of sulfonamides is 1. The number of hydrogen-bond donors (Lipinski definition) is 2. The summed E-state index contributed by atoms with van der Waals surface area (Å²) in [6.45, 7) is 2.95. The van der Waals surface area contributed by atoms with E-state index in [0.717, 1.165) is 27.3 Å². The van der Waals surface area contributed by atoms with E-state index in [2.05, 4.69) is 15.3 Å². The van der Waals surface area contributed by atoms with E-state index < -0.39 is 15.9 Å². The van der Waals surface area contributed by atoms with E-state index in [1.807, 2.05) is 25.1 Å². The second-order valence-corrected chi connectivity index (χ2v) is 10.4. The molecule has 7 nitrogen and oxygen atoms in total. The van der Waals surface area contributed by atoms with Crippen LogP contribution in [0.15, 0.2) is 35.4 Å². The maximum Gasteiger partial charge on any atom is 0.273 e. The number of carbonyl (C=O) groups is 1. The summed E-state index contributed by atoms with van der Waals surface area (Å²) in [4.78, 5) is 19.8. The molecule has 1 saturated heterocycles. The first-order chi connectivity index (χ1) is 12.9. The largest absolute Gasteiger partial charge is 0.356 e. The van der Waals surface area contributed by atoms with Crippen LogP contribution in [-0.4, -0.2) is 53.2 Å². The molecule has 0 saturated carbocycles. The van der Waals surface area contributed by atoms with Crippen molar-refractivity contribution in [1.82, 2.24) is 14.3 Å². The molecule has 0 bridgehead atoms. The van der Waals surface area contributed by atoms with Crippen molar-refractivity contribution in [2.45, 2.75) is 11.8 Å². The topological polar surface area (TPSA) is 95.2 Å². The zero-order chi connectivity index (χ0) is 19.0. The highest BCUT2D eigenvalue weighted by Gasteiger charge is 2.28. The minimum Gasteiger partial charge on any atom is -0.356 e. The van der Waals surface area contributed by atoms with E-state index in [1.54, 1.807) is 11.8 Å². The van der Waals surface area contributed by atoms with Gasteiger partial charge in [-0.25, -0.2) is 13.4 Å². The summed E-state index contributed by atoms with van der Waals surface area (Å²) in [6.07, 6.45) is 1.37. The van der Waals surface area contributed by atoms with Gasteiger partial charge < -0.3 is 4.98 Å². The summed E-state index contributed by atoms with van der Waals surface area (Å²) >= 11 is 3.12. The van der Waals surface area contributed by atoms with Crippen molar-refractivity contribution in [2.75, 3.05) is 29.9 Å². The van der Waals surface area contributed by atoms with Crippen LogP contribution in [0.5, 0.6) is 0 Å². The second kappa shape index (κ2) is 7.27. The molecule has 0 aliphatic carbocycles. The third-order valence-electron chi connectivity index (χ3n) is 4.35. The quantitative estimate of drug-likeness (QED) is 0.674. The van der Waals surface area contributed by atoms with Crippen LogP contribution in [0.3, 0.4) is 0 Å². The van der Waals surface area contributed by atoms with Gasteiger partial charge in [0, 0.05) is 30.8 Å². The van der Waals surface area contributed by atoms with Crippen molar-refractivity contribution >= 4 is 54.4 Å². The smallest absolute Gasteiger partial charge is 0.273 e. The number of carbonyl (C=O) groups excluding carboxylic acids is 1. The number of aromatic nitrogens is 2. The number of fused-ring (bicyclic) bond motifs is 1. The minimum atomic E-state index is -3.58. The Balaban J connectivity index is 1.53. The molecule has 1 amide bonds. The molecule has 4 rings (SSSR count). The molecule has 0 radical (unpaired) electrons. The Morgan fingerprint density at radius 1 is 1.30 bits per heavy atom. The summed E-state index contributed by atoms with van der Waals surface area (Å²) in [5.41, 5.74) is 2.09. The maximum atomic E-state index is 12.7. The number of thioether (sulfide) groups is 1. The third-order valence-corrected chi connectivity index (χ3v) is 8.11. The molecular weight excluding hydrogens is 404 g/mol. The zero-order valence-electron chi connectivity index (χ0n) is 14.6. The molecule has 10 heteroatoms. The van der Waals surface area contributed by atoms with Crippen LogP contribution in [0.4, 0.5) is 5.13 Å². The van der Waals surface area contributed by atoms with Gasteiger partial charge in [0.25, 0.3) is 5.91 Å². The van der Waals surface area contributed by atoms with Gasteiger partial charge in [-0.1, -0.05) is 23.5 Å². The summed E-state index contributed by atoms with van der Waals surface area (Å²) < 4.78 is 27.8. The number of hydrogen-bond acceptors (Lipinski definition) is 6. The van der Waals surface area contributed by atoms with Gasteiger partial charge in [-0.2, -0.15) is 16.1 Å². The molecule has 2 aromatic heterocycles. The molecule has 1 aromatic carbocycles. The lowest BCUT2D eigenvalue weighted by atomic mass is 10.2. The first-order valence-corrected chi connectivity index (χ1v) is 11.8. The Kier molecular flexibility index (Phi) is 4.97. The highest BCUT2D eigenvalue weighted by atomic mass is 32.2. The standard InChI is InChI=1S/C17H18N4O3S3/c1-11-3-2-4-14-15(11)19-17(26-14)20-16(22)13-9-12(10-18-13)27(23,24)21-5-7-25-8-6-21/h2-4,9-10,18H,5-8H2,1H3,(H,19,20,22). The highest BCUT2D eigenvalue weighted by molar-refractivity contribution is 7.99. The number of aryl methyl sites for hydroxylation is 1. The highest BCUT2D eigenvalue weighted by Crippen LogP contribution is 2.28. The summed E-state index contributed by atoms with van der Waals surface area (Å²) in [6, 6.07) is 7.24. The lowest BCUT2D eigenvalue weighted by Gasteiger charge is -2.24. The van der Waals surface area contributed by atoms with Crippen molar-refractivity contribution in [3.8, 4) is 0 Å². The zero-order valence-corrected chi connectivity index (χ0v) is 17.0. The minimum absolute atomic E-state index is 0.111. The molecule has 142 valence electrons. The number of benzene rings is 1. The number of anilines is 1. The number of rotatable bonds is 4. The van der Waals surface area contributed by atoms with Crippen LogP contribution >= 0.6 is 23.1 Å². The normalized spacial score (nSPS) is 15.9. The first kappa shape index (κ1) is 18.5. The monoisotopic (exact) mass is 422 g/mol. The number of nitrogens with one attached hydrogen (secondary N) is 2. The van der Waals surface area contributed by atoms with Gasteiger partial charge in [0.15, 0.2) is 5.13 Å². The third kappa shape index (κ3) is 3.62. The lowest BCUT2D eigenvalue weighted by molar-refractivity contribution is 0.102. The van der Waals surface area contributed by atoms with Crippen LogP contribution in [0.2, 0.25) is 0 Å². The van der Waals surface area contributed by atoms with Crippen LogP contribution in [0, 0.1) is 6.92 Å². The van der Waals surface area contributed by atoms with E-state index in [4.69, 9.17) is 0 Å². The Morgan fingerprint density at radius 3 is 2.81 bits per heavy atom. The molecule has 1 fully saturated rings. The summed E-state index contributed by atoms with van der Waals surface area (Å²) in [5, 5.41) is 3.23. The van der Waals surface area contributed by atoms with Gasteiger partial charge in [0.05, 0.1) is 10.2 Å². The van der Waals surface area contributed by atoms with Crippen LogP contribution < -0.4 is 5.32 Å². The van der Waals surface area contributed by atoms with Crippen LogP contribution in [0.25, 0.3) is 10.2 Å². The van der Waals surface area contributed by atoms with E-state index in [1.165, 1.54) is 27.9 Å². The maximum absolute atomic E-state index is 12.7. The van der Waals surface area contributed by atoms with Gasteiger partial charge in [0.2, 0.25) is 10.0 Å². The number of H-pyrrole nitrogens is 1. The average Bonchev–Trinajstić information content (AvgIpc) is 3.30. The van der Waals surface area contributed by atoms with Gasteiger partial charge in [-0.05, 0) is 24.6 Å². The fourth-order valence-corrected chi connectivity index (χ4v) is 6.40. The molecule has 27 heavy (non-hydrogen) atoms. The lowest BCUT2D eigenvalue weighted by Crippen LogP contribution is -2.37. The fourth-order valence-electron chi connectivity index (χ4n) is 2.89. The van der Waals surface area contributed by atoms with E-state index >= 15 is 0 Å². The van der Waals surface area contributed by atoms with Crippen molar-refractivity contribution in [3.63, 3.8) is 0 Å². The van der Waals surface area contributed by atoms with Gasteiger partial charge >= 0.3 is 0 Å². The molecule has 0 unspecified atom stereocenters. The number of thiazole rings is 1. The van der Waals surface area contributed by atoms with Gasteiger partial charge in [0.1, 0.15) is 10.6 Å². The molecule has 1 aliphatic heterocycles. The molecule has 2 N–H and O–H groups in total. The Labute approximate surface area is 165 Å². The molecule has 1 aliphatic rings. The van der Waals surface area contributed by atoms with E-state index in [0.29, 0.717) is 18.2 Å². The fraction of sp³-hybridized carbons (Fsp3) is 0.294. The number of nitrogens with zero attached hydrogens (tertiary/aromatic N) is 2. The Morgan fingerprint density at radius 2 is 2.07 bits per heavy atom. The number of amides is 1. The first-order valence-electron chi connectivity index (χ1n) is 8.39. The molecule has 3 heterocycles. The Hall–Kier alpha value is -1.88. The predicted molar refractivity (Wildman–Crippen MR) is 109 cm³/mol. The van der Waals surface area contributed by atoms with E-state index in [-0.39, 0.29) is 10.6 Å². The van der Waals surface area contributed by atoms with Gasteiger partial charge in [-0.3, -0.25) is 10.1 Å². The van der Waals surface area contributed by atoms with Crippen LogP contribution in [0.1, 0.15) is 16.1 Å².